The molecule has 0 bridgehead atoms. The molecule has 1 aliphatic rings. The van der Waals surface area contributed by atoms with E-state index in [-0.39, 0.29) is 11.9 Å². The molecule has 0 radical (unpaired) electrons. The van der Waals surface area contributed by atoms with Crippen LogP contribution in [-0.2, 0) is 0 Å². The summed E-state index contributed by atoms with van der Waals surface area (Å²) in [5, 5.41) is 3.00. The van der Waals surface area contributed by atoms with Crippen LogP contribution in [0.2, 0.25) is 0 Å². The highest BCUT2D eigenvalue weighted by Crippen LogP contribution is 2.33. The van der Waals surface area contributed by atoms with Gasteiger partial charge >= 0.3 is 0 Å². The number of rotatable bonds is 2. The molecule has 1 aliphatic heterocycles. The molecule has 1 unspecified atom stereocenters. The first-order chi connectivity index (χ1) is 8.86. The summed E-state index contributed by atoms with van der Waals surface area (Å²) < 4.78 is 0. The van der Waals surface area contributed by atoms with Gasteiger partial charge in [-0.3, -0.25) is 9.78 Å². The maximum absolute atomic E-state index is 12.4. The zero-order valence-corrected chi connectivity index (χ0v) is 10.6. The third-order valence-corrected chi connectivity index (χ3v) is 4.05. The highest BCUT2D eigenvalue weighted by atomic mass is 32.1. The Morgan fingerprint density at radius 3 is 2.89 bits per heavy atom. The van der Waals surface area contributed by atoms with Crippen molar-refractivity contribution in [3.63, 3.8) is 0 Å². The Labute approximate surface area is 109 Å². The van der Waals surface area contributed by atoms with Gasteiger partial charge in [0.25, 0.3) is 5.91 Å². The molecule has 0 spiro atoms. The molecule has 0 saturated carbocycles. The van der Waals surface area contributed by atoms with Gasteiger partial charge in [-0.1, -0.05) is 0 Å². The summed E-state index contributed by atoms with van der Waals surface area (Å²) in [6.07, 6.45) is 7.15. The fourth-order valence-electron chi connectivity index (χ4n) is 2.33. The summed E-state index contributed by atoms with van der Waals surface area (Å²) in [5.74, 6) is 0.0788. The number of aromatic nitrogens is 2. The number of hydrogen-bond acceptors (Lipinski definition) is 4. The van der Waals surface area contributed by atoms with Gasteiger partial charge in [-0.25, -0.2) is 4.98 Å². The normalized spacial score (nSPS) is 19.1. The van der Waals surface area contributed by atoms with E-state index in [1.165, 1.54) is 0 Å². The van der Waals surface area contributed by atoms with E-state index < -0.39 is 0 Å². The Hall–Kier alpha value is -1.75. The van der Waals surface area contributed by atoms with Crippen LogP contribution in [0.3, 0.4) is 0 Å². The summed E-state index contributed by atoms with van der Waals surface area (Å²) in [5.41, 5.74) is 0.702. The third kappa shape index (κ3) is 2.01. The zero-order valence-electron chi connectivity index (χ0n) is 9.82. The molecule has 18 heavy (non-hydrogen) atoms. The van der Waals surface area contributed by atoms with E-state index in [1.807, 2.05) is 10.3 Å². The predicted octanol–water partition coefficient (Wildman–Crippen LogP) is 2.52. The van der Waals surface area contributed by atoms with E-state index in [0.717, 1.165) is 24.4 Å². The molecular formula is C13H13N3OS. The topological polar surface area (TPSA) is 46.1 Å². The SMILES string of the molecule is O=C(c1ccncc1)N1CCCC1c1nccs1. The quantitative estimate of drug-likeness (QED) is 0.832. The number of hydrogen-bond donors (Lipinski definition) is 0. The fraction of sp³-hybridized carbons (Fsp3) is 0.308. The molecule has 5 heteroatoms. The number of carbonyl (C=O) groups is 1. The second-order valence-electron chi connectivity index (χ2n) is 4.26. The molecule has 1 amide bonds. The van der Waals surface area contributed by atoms with Crippen LogP contribution < -0.4 is 0 Å². The first-order valence-electron chi connectivity index (χ1n) is 5.96. The van der Waals surface area contributed by atoms with Gasteiger partial charge in [0.1, 0.15) is 5.01 Å². The van der Waals surface area contributed by atoms with Crippen LogP contribution in [0.4, 0.5) is 0 Å². The average molecular weight is 259 g/mol. The lowest BCUT2D eigenvalue weighted by atomic mass is 10.2. The monoisotopic (exact) mass is 259 g/mol. The van der Waals surface area contributed by atoms with Crippen LogP contribution in [0.25, 0.3) is 0 Å². The van der Waals surface area contributed by atoms with Crippen LogP contribution in [0.1, 0.15) is 34.2 Å². The molecular weight excluding hydrogens is 246 g/mol. The molecule has 1 atom stereocenters. The van der Waals surface area contributed by atoms with Gasteiger partial charge in [0, 0.05) is 36.1 Å². The number of thiazole rings is 1. The molecule has 2 aromatic rings. The van der Waals surface area contributed by atoms with Crippen LogP contribution in [0, 0.1) is 0 Å². The second-order valence-corrected chi connectivity index (χ2v) is 5.19. The summed E-state index contributed by atoms with van der Waals surface area (Å²) in [6.45, 7) is 0.811. The van der Waals surface area contributed by atoms with Crippen molar-refractivity contribution in [2.75, 3.05) is 6.54 Å². The lowest BCUT2D eigenvalue weighted by Gasteiger charge is -2.23. The largest absolute Gasteiger partial charge is 0.329 e. The summed E-state index contributed by atoms with van der Waals surface area (Å²) in [6, 6.07) is 3.67. The molecule has 2 aromatic heterocycles. The maximum atomic E-state index is 12.4. The third-order valence-electron chi connectivity index (χ3n) is 3.18. The minimum absolute atomic E-state index is 0.0788. The molecule has 4 nitrogen and oxygen atoms in total. The zero-order chi connectivity index (χ0) is 12.4. The van der Waals surface area contributed by atoms with E-state index in [1.54, 1.807) is 42.1 Å². The van der Waals surface area contributed by atoms with Crippen molar-refractivity contribution >= 4 is 17.2 Å². The van der Waals surface area contributed by atoms with Crippen LogP contribution in [-0.4, -0.2) is 27.3 Å². The van der Waals surface area contributed by atoms with Crippen molar-refractivity contribution < 1.29 is 4.79 Å². The van der Waals surface area contributed by atoms with E-state index in [9.17, 15) is 4.79 Å². The Bertz CT molecular complexity index is 526. The molecule has 1 fully saturated rings. The number of amides is 1. The molecule has 3 rings (SSSR count). The van der Waals surface area contributed by atoms with Crippen molar-refractivity contribution in [3.8, 4) is 0 Å². The highest BCUT2D eigenvalue weighted by Gasteiger charge is 2.31. The van der Waals surface area contributed by atoms with Crippen LogP contribution >= 0.6 is 11.3 Å². The molecule has 0 aliphatic carbocycles. The standard InChI is InChI=1S/C13H13N3OS/c17-13(10-3-5-14-6-4-10)16-8-1-2-11(16)12-15-7-9-18-12/h3-7,9,11H,1-2,8H2. The Morgan fingerprint density at radius 1 is 1.33 bits per heavy atom. The number of carbonyl (C=O) groups excluding carboxylic acids is 1. The van der Waals surface area contributed by atoms with Crippen LogP contribution in [0.15, 0.2) is 36.1 Å². The number of pyridine rings is 1. The summed E-state index contributed by atoms with van der Waals surface area (Å²) in [4.78, 5) is 22.6. The minimum Gasteiger partial charge on any atom is -0.329 e. The van der Waals surface area contributed by atoms with Crippen molar-refractivity contribution in [2.45, 2.75) is 18.9 Å². The van der Waals surface area contributed by atoms with Crippen molar-refractivity contribution in [1.82, 2.24) is 14.9 Å². The van der Waals surface area contributed by atoms with E-state index in [2.05, 4.69) is 9.97 Å². The molecule has 0 aromatic carbocycles. The average Bonchev–Trinajstić information content (AvgIpc) is 3.09. The van der Waals surface area contributed by atoms with Gasteiger partial charge in [-0.15, -0.1) is 11.3 Å². The maximum Gasteiger partial charge on any atom is 0.254 e. The van der Waals surface area contributed by atoms with Gasteiger partial charge in [-0.2, -0.15) is 0 Å². The smallest absolute Gasteiger partial charge is 0.254 e. The van der Waals surface area contributed by atoms with Gasteiger partial charge in [-0.05, 0) is 25.0 Å². The summed E-state index contributed by atoms with van der Waals surface area (Å²) >= 11 is 1.62. The first kappa shape index (κ1) is 11.3. The molecule has 0 N–H and O–H groups in total. The molecule has 3 heterocycles. The van der Waals surface area contributed by atoms with Gasteiger partial charge in [0.05, 0.1) is 6.04 Å². The van der Waals surface area contributed by atoms with Crippen molar-refractivity contribution in [3.05, 3.63) is 46.7 Å². The fourth-order valence-corrected chi connectivity index (χ4v) is 3.11. The van der Waals surface area contributed by atoms with E-state index in [0.29, 0.717) is 5.56 Å². The second kappa shape index (κ2) is 4.86. The predicted molar refractivity (Wildman–Crippen MR) is 69.4 cm³/mol. The van der Waals surface area contributed by atoms with Gasteiger partial charge in [0.2, 0.25) is 0 Å². The lowest BCUT2D eigenvalue weighted by Crippen LogP contribution is -2.30. The van der Waals surface area contributed by atoms with Crippen molar-refractivity contribution in [2.24, 2.45) is 0 Å². The highest BCUT2D eigenvalue weighted by molar-refractivity contribution is 7.09. The Balaban J connectivity index is 1.85. The summed E-state index contributed by atoms with van der Waals surface area (Å²) in [7, 11) is 0. The lowest BCUT2D eigenvalue weighted by molar-refractivity contribution is 0.0735. The molecule has 92 valence electrons. The Morgan fingerprint density at radius 2 is 2.17 bits per heavy atom. The minimum atomic E-state index is 0.0788. The van der Waals surface area contributed by atoms with E-state index in [4.69, 9.17) is 0 Å². The van der Waals surface area contributed by atoms with Crippen LogP contribution in [0.5, 0.6) is 0 Å². The van der Waals surface area contributed by atoms with Gasteiger partial charge in [0.15, 0.2) is 0 Å². The Kier molecular flexibility index (Phi) is 3.06. The first-order valence-corrected chi connectivity index (χ1v) is 6.84. The van der Waals surface area contributed by atoms with Crippen molar-refractivity contribution in [1.29, 1.82) is 0 Å². The molecule has 1 saturated heterocycles. The van der Waals surface area contributed by atoms with E-state index >= 15 is 0 Å². The number of likely N-dealkylation sites (tertiary alicyclic amines) is 1. The number of nitrogens with zero attached hydrogens (tertiary/aromatic N) is 3. The van der Waals surface area contributed by atoms with Gasteiger partial charge < -0.3 is 4.90 Å².